The molecule has 0 radical (unpaired) electrons. The van der Waals surface area contributed by atoms with Crippen molar-refractivity contribution in [1.82, 2.24) is 5.43 Å². The van der Waals surface area contributed by atoms with Crippen molar-refractivity contribution in [3.8, 4) is 0 Å². The number of carbonyl (C=O) groups excluding carboxylic acids is 1. The standard InChI is InChI=1S/C12H18N2O6/c15-6-8(16)9(17)10(18)11(19)12(20)14-13-7-4-2-1-3-5-7/h1-5,8-11,13,15-19H,6H2,(H,14,20)/t8-,9-,10+,11+/m0/s1. The molecule has 0 aliphatic heterocycles. The van der Waals surface area contributed by atoms with E-state index in [9.17, 15) is 20.1 Å². The number of para-hydroxylation sites is 1. The minimum Gasteiger partial charge on any atom is -0.394 e. The number of anilines is 1. The molecule has 112 valence electrons. The summed E-state index contributed by atoms with van der Waals surface area (Å²) in [5, 5.41) is 46.1. The molecule has 0 saturated carbocycles. The molecule has 1 amide bonds. The van der Waals surface area contributed by atoms with E-state index in [2.05, 4.69) is 10.9 Å². The van der Waals surface area contributed by atoms with Gasteiger partial charge in [0.1, 0.15) is 18.3 Å². The highest BCUT2D eigenvalue weighted by Gasteiger charge is 2.34. The number of amides is 1. The molecule has 0 fully saturated rings. The topological polar surface area (TPSA) is 142 Å². The van der Waals surface area contributed by atoms with Crippen molar-refractivity contribution in [2.75, 3.05) is 12.0 Å². The molecule has 0 aromatic heterocycles. The number of benzene rings is 1. The third kappa shape index (κ3) is 4.44. The van der Waals surface area contributed by atoms with E-state index in [1.54, 1.807) is 30.3 Å². The van der Waals surface area contributed by atoms with Gasteiger partial charge in [-0.25, -0.2) is 0 Å². The van der Waals surface area contributed by atoms with Gasteiger partial charge in [0.05, 0.1) is 12.3 Å². The number of hydrogen-bond acceptors (Lipinski definition) is 7. The molecule has 7 N–H and O–H groups in total. The lowest BCUT2D eigenvalue weighted by Crippen LogP contribution is -2.52. The van der Waals surface area contributed by atoms with Crippen LogP contribution in [0.25, 0.3) is 0 Å². The number of hydrogen-bond donors (Lipinski definition) is 7. The van der Waals surface area contributed by atoms with E-state index in [0.29, 0.717) is 5.69 Å². The average molecular weight is 286 g/mol. The first-order chi connectivity index (χ1) is 9.47. The Morgan fingerprint density at radius 1 is 1.05 bits per heavy atom. The minimum atomic E-state index is -1.97. The molecule has 8 nitrogen and oxygen atoms in total. The van der Waals surface area contributed by atoms with E-state index in [1.165, 1.54) is 0 Å². The summed E-state index contributed by atoms with van der Waals surface area (Å²) in [7, 11) is 0. The molecule has 1 aromatic carbocycles. The van der Waals surface area contributed by atoms with Crippen LogP contribution < -0.4 is 10.9 Å². The van der Waals surface area contributed by atoms with Gasteiger partial charge < -0.3 is 25.5 Å². The molecule has 8 heteroatoms. The van der Waals surface area contributed by atoms with Crippen molar-refractivity contribution in [3.05, 3.63) is 30.3 Å². The van der Waals surface area contributed by atoms with Crippen LogP contribution in [0.5, 0.6) is 0 Å². The van der Waals surface area contributed by atoms with Gasteiger partial charge in [-0.05, 0) is 12.1 Å². The largest absolute Gasteiger partial charge is 0.394 e. The molecule has 1 rings (SSSR count). The van der Waals surface area contributed by atoms with Gasteiger partial charge >= 0.3 is 0 Å². The summed E-state index contributed by atoms with van der Waals surface area (Å²) < 4.78 is 0. The zero-order chi connectivity index (χ0) is 15.1. The Morgan fingerprint density at radius 2 is 1.65 bits per heavy atom. The van der Waals surface area contributed by atoms with E-state index < -0.39 is 36.9 Å². The van der Waals surface area contributed by atoms with Crippen molar-refractivity contribution in [1.29, 1.82) is 0 Å². The first-order valence-electron chi connectivity index (χ1n) is 5.91. The molecule has 0 spiro atoms. The maximum absolute atomic E-state index is 11.5. The number of nitrogens with one attached hydrogen (secondary N) is 2. The molecule has 0 bridgehead atoms. The first-order valence-corrected chi connectivity index (χ1v) is 5.91. The number of aliphatic hydroxyl groups is 5. The minimum absolute atomic E-state index is 0.554. The Morgan fingerprint density at radius 3 is 2.20 bits per heavy atom. The second-order valence-electron chi connectivity index (χ2n) is 4.16. The van der Waals surface area contributed by atoms with Gasteiger partial charge in [0.25, 0.3) is 5.91 Å². The Hall–Kier alpha value is -1.71. The number of carbonyl (C=O) groups is 1. The number of hydrazine groups is 1. The molecule has 0 saturated heterocycles. The molecule has 0 aliphatic carbocycles. The van der Waals surface area contributed by atoms with E-state index >= 15 is 0 Å². The molecule has 0 heterocycles. The highest BCUT2D eigenvalue weighted by Crippen LogP contribution is 2.06. The first kappa shape index (κ1) is 16.3. The summed E-state index contributed by atoms with van der Waals surface area (Å²) in [5.74, 6) is -0.995. The lowest BCUT2D eigenvalue weighted by molar-refractivity contribution is -0.148. The van der Waals surface area contributed by atoms with Crippen LogP contribution >= 0.6 is 0 Å². The lowest BCUT2D eigenvalue weighted by Gasteiger charge is -2.25. The fourth-order valence-electron chi connectivity index (χ4n) is 1.41. The van der Waals surface area contributed by atoms with Crippen molar-refractivity contribution in [2.24, 2.45) is 0 Å². The van der Waals surface area contributed by atoms with E-state index in [0.717, 1.165) is 0 Å². The summed E-state index contributed by atoms with van der Waals surface area (Å²) in [4.78, 5) is 11.5. The van der Waals surface area contributed by atoms with Crippen LogP contribution in [0.1, 0.15) is 0 Å². The summed E-state index contributed by atoms with van der Waals surface area (Å²) in [6.45, 7) is -0.811. The van der Waals surface area contributed by atoms with Crippen LogP contribution in [0.15, 0.2) is 30.3 Å². The van der Waals surface area contributed by atoms with Crippen LogP contribution in [-0.4, -0.2) is 62.5 Å². The maximum atomic E-state index is 11.5. The number of rotatable bonds is 7. The lowest BCUT2D eigenvalue weighted by atomic mass is 10.0. The molecule has 1 aromatic rings. The van der Waals surface area contributed by atoms with Gasteiger partial charge in [0, 0.05) is 0 Å². The fraction of sp³-hybridized carbons (Fsp3) is 0.417. The predicted molar refractivity (Wildman–Crippen MR) is 69.3 cm³/mol. The van der Waals surface area contributed by atoms with Crippen molar-refractivity contribution in [3.63, 3.8) is 0 Å². The van der Waals surface area contributed by atoms with Crippen LogP contribution in [0, 0.1) is 0 Å². The normalized spacial score (nSPS) is 16.9. The third-order valence-electron chi connectivity index (χ3n) is 2.63. The van der Waals surface area contributed by atoms with E-state index in [-0.39, 0.29) is 0 Å². The van der Waals surface area contributed by atoms with Crippen LogP contribution in [0.3, 0.4) is 0 Å². The van der Waals surface area contributed by atoms with Gasteiger partial charge in [-0.1, -0.05) is 18.2 Å². The van der Waals surface area contributed by atoms with Crippen molar-refractivity contribution >= 4 is 11.6 Å². The molecule has 0 aliphatic rings. The summed E-state index contributed by atoms with van der Waals surface area (Å²) in [6.07, 6.45) is -7.41. The Kier molecular flexibility index (Phi) is 6.36. The Bertz CT molecular complexity index is 416. The summed E-state index contributed by atoms with van der Waals surface area (Å²) in [6, 6.07) is 8.54. The SMILES string of the molecule is O=C(NNc1ccccc1)[C@H](O)[C@H](O)[C@@H](O)[C@@H](O)CO. The zero-order valence-electron chi connectivity index (χ0n) is 10.5. The average Bonchev–Trinajstić information content (AvgIpc) is 2.50. The van der Waals surface area contributed by atoms with Crippen molar-refractivity contribution in [2.45, 2.75) is 24.4 Å². The van der Waals surface area contributed by atoms with Crippen LogP contribution in [-0.2, 0) is 4.79 Å². The van der Waals surface area contributed by atoms with Gasteiger partial charge in [0.15, 0.2) is 6.10 Å². The highest BCUT2D eigenvalue weighted by atomic mass is 16.4. The molecule has 4 atom stereocenters. The predicted octanol–water partition coefficient (Wildman–Crippen LogP) is -2.43. The van der Waals surface area contributed by atoms with Gasteiger partial charge in [0.2, 0.25) is 0 Å². The second-order valence-corrected chi connectivity index (χ2v) is 4.16. The van der Waals surface area contributed by atoms with E-state index in [1.807, 2.05) is 0 Å². The van der Waals surface area contributed by atoms with Crippen LogP contribution in [0.2, 0.25) is 0 Å². The Labute approximate surface area is 115 Å². The number of aliphatic hydroxyl groups excluding tert-OH is 5. The van der Waals surface area contributed by atoms with Gasteiger partial charge in [-0.15, -0.1) is 0 Å². The van der Waals surface area contributed by atoms with Crippen molar-refractivity contribution < 1.29 is 30.3 Å². The molecule has 0 unspecified atom stereocenters. The van der Waals surface area contributed by atoms with Gasteiger partial charge in [-0.3, -0.25) is 15.6 Å². The summed E-state index contributed by atoms with van der Waals surface area (Å²) >= 11 is 0. The Balaban J connectivity index is 2.50. The molecular weight excluding hydrogens is 268 g/mol. The second kappa shape index (κ2) is 7.78. The zero-order valence-corrected chi connectivity index (χ0v) is 10.5. The van der Waals surface area contributed by atoms with Crippen LogP contribution in [0.4, 0.5) is 5.69 Å². The summed E-state index contributed by atoms with van der Waals surface area (Å²) in [5.41, 5.74) is 5.19. The smallest absolute Gasteiger partial charge is 0.269 e. The van der Waals surface area contributed by atoms with Gasteiger partial charge in [-0.2, -0.15) is 0 Å². The quantitative estimate of drug-likeness (QED) is 0.276. The maximum Gasteiger partial charge on any atom is 0.269 e. The fourth-order valence-corrected chi connectivity index (χ4v) is 1.41. The third-order valence-corrected chi connectivity index (χ3v) is 2.63. The highest BCUT2D eigenvalue weighted by molar-refractivity contribution is 5.82. The monoisotopic (exact) mass is 286 g/mol. The molecule has 20 heavy (non-hydrogen) atoms. The van der Waals surface area contributed by atoms with E-state index in [4.69, 9.17) is 10.2 Å². The molecular formula is C12H18N2O6.